The van der Waals surface area contributed by atoms with Crippen LogP contribution in [-0.2, 0) is 0 Å². The molecule has 1 unspecified atom stereocenters. The highest BCUT2D eigenvalue weighted by Crippen LogP contribution is 2.66. The minimum atomic E-state index is -0.0476. The first kappa shape index (κ1) is 21.7. The van der Waals surface area contributed by atoms with Gasteiger partial charge in [0.05, 0.1) is 6.10 Å². The highest BCUT2D eigenvalue weighted by atomic mass is 16.3. The van der Waals surface area contributed by atoms with Crippen LogP contribution in [0.5, 0.6) is 0 Å². The first-order valence-electron chi connectivity index (χ1n) is 12.7. The van der Waals surface area contributed by atoms with Gasteiger partial charge in [0.25, 0.3) is 0 Å². The van der Waals surface area contributed by atoms with E-state index in [1.165, 1.54) is 38.5 Å². The molecule has 0 radical (unpaired) electrons. The zero-order valence-electron chi connectivity index (χ0n) is 20.0. The summed E-state index contributed by atoms with van der Waals surface area (Å²) in [5, 5.41) is 10.2. The van der Waals surface area contributed by atoms with Gasteiger partial charge in [0.15, 0.2) is 0 Å². The van der Waals surface area contributed by atoms with Gasteiger partial charge in [-0.15, -0.1) is 0 Å². The van der Waals surface area contributed by atoms with Crippen LogP contribution >= 0.6 is 0 Å². The van der Waals surface area contributed by atoms with Gasteiger partial charge in [0, 0.05) is 0 Å². The van der Waals surface area contributed by atoms with Crippen LogP contribution in [-0.4, -0.2) is 11.2 Å². The summed E-state index contributed by atoms with van der Waals surface area (Å²) in [7, 11) is 0. The lowest BCUT2D eigenvalue weighted by atomic mass is 9.47. The van der Waals surface area contributed by atoms with Gasteiger partial charge in [-0.25, -0.2) is 0 Å². The second kappa shape index (κ2) is 7.85. The topological polar surface area (TPSA) is 20.2 Å². The smallest absolute Gasteiger partial charge is 0.0543 e. The van der Waals surface area contributed by atoms with Crippen molar-refractivity contribution < 1.29 is 5.11 Å². The van der Waals surface area contributed by atoms with Crippen molar-refractivity contribution in [3.8, 4) is 0 Å². The Morgan fingerprint density at radius 1 is 0.931 bits per heavy atom. The quantitative estimate of drug-likeness (QED) is 0.489. The number of allylic oxidation sites excluding steroid dienone is 4. The number of rotatable bonds is 4. The molecule has 0 saturated heterocycles. The largest absolute Gasteiger partial charge is 0.393 e. The molecule has 1 nitrogen and oxygen atoms in total. The van der Waals surface area contributed by atoms with Gasteiger partial charge >= 0.3 is 0 Å². The molecule has 4 aliphatic rings. The van der Waals surface area contributed by atoms with Gasteiger partial charge in [0.1, 0.15) is 0 Å². The molecule has 0 aromatic carbocycles. The molecule has 3 saturated carbocycles. The van der Waals surface area contributed by atoms with E-state index in [9.17, 15) is 5.11 Å². The SMILES string of the molecule is CC(C)C(C)/C=C\[C@@H](C)[C@H]1CC[C@H]2C3=CC[C@@H]4C[C@@H](O)CC[C@]4(C)[C@H]3CC[C@]12C. The number of aliphatic hydroxyl groups is 1. The third-order valence-electron chi connectivity index (χ3n) is 10.5. The highest BCUT2D eigenvalue weighted by molar-refractivity contribution is 5.28. The Labute approximate surface area is 180 Å². The molecule has 0 amide bonds. The molecule has 164 valence electrons. The summed E-state index contributed by atoms with van der Waals surface area (Å²) in [6, 6.07) is 0. The Bertz CT molecular complexity index is 659. The van der Waals surface area contributed by atoms with Crippen LogP contribution in [0.15, 0.2) is 23.8 Å². The van der Waals surface area contributed by atoms with Crippen molar-refractivity contribution in [1.29, 1.82) is 0 Å². The summed E-state index contributed by atoms with van der Waals surface area (Å²) >= 11 is 0. The van der Waals surface area contributed by atoms with Crippen molar-refractivity contribution in [2.24, 2.45) is 52.3 Å². The minimum absolute atomic E-state index is 0.0476. The van der Waals surface area contributed by atoms with E-state index in [0.29, 0.717) is 28.6 Å². The monoisotopic (exact) mass is 398 g/mol. The summed E-state index contributed by atoms with van der Waals surface area (Å²) in [6.45, 7) is 14.7. The first-order valence-corrected chi connectivity index (χ1v) is 12.7. The average Bonchev–Trinajstić information content (AvgIpc) is 3.03. The van der Waals surface area contributed by atoms with Gasteiger partial charge < -0.3 is 5.11 Å². The van der Waals surface area contributed by atoms with Crippen molar-refractivity contribution in [2.75, 3.05) is 0 Å². The van der Waals surface area contributed by atoms with Gasteiger partial charge in [-0.05, 0) is 104 Å². The van der Waals surface area contributed by atoms with Gasteiger partial charge in [-0.1, -0.05) is 65.3 Å². The number of aliphatic hydroxyl groups excluding tert-OH is 1. The third-order valence-corrected chi connectivity index (χ3v) is 10.5. The van der Waals surface area contributed by atoms with E-state index in [2.05, 4.69) is 59.8 Å². The van der Waals surface area contributed by atoms with E-state index in [1.807, 2.05) is 5.57 Å². The van der Waals surface area contributed by atoms with Gasteiger partial charge in [0.2, 0.25) is 0 Å². The summed E-state index contributed by atoms with van der Waals surface area (Å²) < 4.78 is 0. The van der Waals surface area contributed by atoms with E-state index in [-0.39, 0.29) is 6.10 Å². The maximum Gasteiger partial charge on any atom is 0.0543 e. The zero-order valence-corrected chi connectivity index (χ0v) is 20.0. The Kier molecular flexibility index (Phi) is 5.86. The van der Waals surface area contributed by atoms with Crippen LogP contribution in [0.2, 0.25) is 0 Å². The van der Waals surface area contributed by atoms with Crippen molar-refractivity contribution in [3.63, 3.8) is 0 Å². The third kappa shape index (κ3) is 3.58. The lowest BCUT2D eigenvalue weighted by Gasteiger charge is -2.57. The maximum atomic E-state index is 10.2. The molecule has 0 aromatic rings. The van der Waals surface area contributed by atoms with Crippen molar-refractivity contribution in [2.45, 2.75) is 99.0 Å². The minimum Gasteiger partial charge on any atom is -0.393 e. The molecule has 0 aromatic heterocycles. The van der Waals surface area contributed by atoms with Crippen molar-refractivity contribution in [1.82, 2.24) is 0 Å². The maximum absolute atomic E-state index is 10.2. The van der Waals surface area contributed by atoms with E-state index < -0.39 is 0 Å². The van der Waals surface area contributed by atoms with E-state index in [0.717, 1.165) is 36.5 Å². The summed E-state index contributed by atoms with van der Waals surface area (Å²) in [5.41, 5.74) is 2.79. The summed E-state index contributed by atoms with van der Waals surface area (Å²) in [6.07, 6.45) is 17.8. The van der Waals surface area contributed by atoms with Gasteiger partial charge in [-0.2, -0.15) is 0 Å². The van der Waals surface area contributed by atoms with Crippen LogP contribution in [0.25, 0.3) is 0 Å². The molecular weight excluding hydrogens is 352 g/mol. The molecule has 0 spiro atoms. The predicted octanol–water partition coefficient (Wildman–Crippen LogP) is 7.41. The van der Waals surface area contributed by atoms with E-state index >= 15 is 0 Å². The van der Waals surface area contributed by atoms with Crippen LogP contribution < -0.4 is 0 Å². The Balaban J connectivity index is 1.54. The second-order valence-electron chi connectivity index (χ2n) is 12.3. The molecule has 29 heavy (non-hydrogen) atoms. The Hall–Kier alpha value is -0.560. The predicted molar refractivity (Wildman–Crippen MR) is 124 cm³/mol. The first-order chi connectivity index (χ1) is 13.7. The molecule has 3 fully saturated rings. The number of fused-ring (bicyclic) bond motifs is 5. The lowest BCUT2D eigenvalue weighted by Crippen LogP contribution is -2.49. The number of hydrogen-bond donors (Lipinski definition) is 1. The average molecular weight is 399 g/mol. The molecular formula is C28H46O. The van der Waals surface area contributed by atoms with E-state index in [1.54, 1.807) is 0 Å². The molecule has 4 aliphatic carbocycles. The zero-order chi connectivity index (χ0) is 21.0. The van der Waals surface area contributed by atoms with E-state index in [4.69, 9.17) is 0 Å². The standard InChI is InChI=1S/C28H46O/c1-18(2)19(3)7-8-20(4)24-11-12-25-23-10-9-21-17-22(29)13-15-27(21,5)26(23)14-16-28(24,25)6/h7-8,10,18-22,24-26,29H,9,11-17H2,1-6H3/b8-7-/t19?,20-,21-,22+,24-,25+,26+,27+,28-/m1/s1. The highest BCUT2D eigenvalue weighted by Gasteiger charge is 2.57. The van der Waals surface area contributed by atoms with Crippen molar-refractivity contribution >= 4 is 0 Å². The molecule has 4 rings (SSSR count). The van der Waals surface area contributed by atoms with Crippen molar-refractivity contribution in [3.05, 3.63) is 23.8 Å². The van der Waals surface area contributed by atoms with Gasteiger partial charge in [-0.3, -0.25) is 0 Å². The molecule has 1 N–H and O–H groups in total. The van der Waals surface area contributed by atoms with Crippen LogP contribution in [0, 0.1) is 52.3 Å². The normalized spacial score (nSPS) is 46.8. The summed E-state index contributed by atoms with van der Waals surface area (Å²) in [4.78, 5) is 0. The summed E-state index contributed by atoms with van der Waals surface area (Å²) in [5.74, 6) is 5.25. The second-order valence-corrected chi connectivity index (χ2v) is 12.3. The fraction of sp³-hybridized carbons (Fsp3) is 0.857. The molecule has 0 bridgehead atoms. The Morgan fingerprint density at radius 3 is 2.34 bits per heavy atom. The van der Waals surface area contributed by atoms with Crippen LogP contribution in [0.3, 0.4) is 0 Å². The Morgan fingerprint density at radius 2 is 1.62 bits per heavy atom. The van der Waals surface area contributed by atoms with Crippen LogP contribution in [0.1, 0.15) is 92.9 Å². The number of hydrogen-bond acceptors (Lipinski definition) is 1. The lowest BCUT2D eigenvalue weighted by molar-refractivity contribution is -0.0414. The molecule has 0 aliphatic heterocycles. The molecule has 1 heteroatoms. The molecule has 0 heterocycles. The fourth-order valence-corrected chi connectivity index (χ4v) is 8.10. The molecule has 9 atom stereocenters. The van der Waals surface area contributed by atoms with Crippen LogP contribution in [0.4, 0.5) is 0 Å². The fourth-order valence-electron chi connectivity index (χ4n) is 8.10.